The summed E-state index contributed by atoms with van der Waals surface area (Å²) < 4.78 is 0. The first-order valence-electron chi connectivity index (χ1n) is 6.35. The van der Waals surface area contributed by atoms with Crippen LogP contribution in [-0.4, -0.2) is 23.5 Å². The van der Waals surface area contributed by atoms with E-state index in [0.29, 0.717) is 6.42 Å². The summed E-state index contributed by atoms with van der Waals surface area (Å²) in [6.07, 6.45) is 0.494. The number of rotatable bonds is 7. The maximum absolute atomic E-state index is 12.0. The smallest absolute Gasteiger partial charge is 0.305 e. The van der Waals surface area contributed by atoms with E-state index in [9.17, 15) is 9.59 Å². The Bertz CT molecular complexity index is 416. The summed E-state index contributed by atoms with van der Waals surface area (Å²) in [5.41, 5.74) is 6.31. The van der Waals surface area contributed by atoms with Gasteiger partial charge in [0.1, 0.15) is 0 Å². The zero-order valence-corrected chi connectivity index (χ0v) is 11.0. The second-order valence-corrected chi connectivity index (χ2v) is 4.41. The molecule has 19 heavy (non-hydrogen) atoms. The predicted molar refractivity (Wildman–Crippen MR) is 72.4 cm³/mol. The van der Waals surface area contributed by atoms with E-state index in [2.05, 4.69) is 5.32 Å². The third kappa shape index (κ3) is 4.71. The molecular formula is C14H20N2O3. The third-order valence-electron chi connectivity index (χ3n) is 3.05. The van der Waals surface area contributed by atoms with E-state index in [1.54, 1.807) is 12.1 Å². The van der Waals surface area contributed by atoms with Gasteiger partial charge in [-0.1, -0.05) is 37.3 Å². The molecule has 0 heterocycles. The number of nitrogens with two attached hydrogens (primary N) is 1. The molecule has 1 aromatic carbocycles. The fourth-order valence-corrected chi connectivity index (χ4v) is 1.86. The van der Waals surface area contributed by atoms with Gasteiger partial charge in [-0.25, -0.2) is 0 Å². The van der Waals surface area contributed by atoms with Crippen molar-refractivity contribution in [3.63, 3.8) is 0 Å². The zero-order chi connectivity index (χ0) is 14.3. The first-order valence-corrected chi connectivity index (χ1v) is 6.35. The average Bonchev–Trinajstić information content (AvgIpc) is 2.40. The molecule has 0 saturated heterocycles. The van der Waals surface area contributed by atoms with Gasteiger partial charge in [0.25, 0.3) is 0 Å². The van der Waals surface area contributed by atoms with Crippen molar-refractivity contribution in [3.8, 4) is 0 Å². The number of hydrogen-bond donors (Lipinski definition) is 3. The maximum Gasteiger partial charge on any atom is 0.305 e. The number of hydrogen-bond acceptors (Lipinski definition) is 3. The van der Waals surface area contributed by atoms with Crippen molar-refractivity contribution in [3.05, 3.63) is 35.9 Å². The Balaban J connectivity index is 2.81. The molecule has 0 bridgehead atoms. The predicted octanol–water partition coefficient (Wildman–Crippen LogP) is 1.30. The highest BCUT2D eigenvalue weighted by Crippen LogP contribution is 2.17. The number of amides is 1. The molecule has 5 nitrogen and oxygen atoms in total. The fourth-order valence-electron chi connectivity index (χ4n) is 1.86. The summed E-state index contributed by atoms with van der Waals surface area (Å²) >= 11 is 0. The van der Waals surface area contributed by atoms with E-state index in [1.807, 2.05) is 25.1 Å². The zero-order valence-electron chi connectivity index (χ0n) is 11.0. The SMILES string of the molecule is CCC(CN)C(=O)NC(CC(=O)O)c1ccccc1. The first-order chi connectivity index (χ1) is 9.08. The molecule has 5 heteroatoms. The highest BCUT2D eigenvalue weighted by Gasteiger charge is 2.21. The van der Waals surface area contributed by atoms with Crippen LogP contribution >= 0.6 is 0 Å². The van der Waals surface area contributed by atoms with Crippen LogP contribution in [0.5, 0.6) is 0 Å². The van der Waals surface area contributed by atoms with Crippen molar-refractivity contribution in [2.24, 2.45) is 11.7 Å². The van der Waals surface area contributed by atoms with Gasteiger partial charge in [-0.2, -0.15) is 0 Å². The van der Waals surface area contributed by atoms with Crippen LogP contribution in [0.1, 0.15) is 31.4 Å². The van der Waals surface area contributed by atoms with E-state index in [-0.39, 0.29) is 24.8 Å². The Morgan fingerprint density at radius 1 is 1.32 bits per heavy atom. The molecule has 0 fully saturated rings. The molecule has 1 rings (SSSR count). The number of carboxylic acids is 1. The highest BCUT2D eigenvalue weighted by molar-refractivity contribution is 5.80. The lowest BCUT2D eigenvalue weighted by Crippen LogP contribution is -2.37. The molecule has 1 amide bonds. The van der Waals surface area contributed by atoms with Crippen LogP contribution in [-0.2, 0) is 9.59 Å². The first kappa shape index (κ1) is 15.2. The van der Waals surface area contributed by atoms with Crippen molar-refractivity contribution in [2.75, 3.05) is 6.54 Å². The Kier molecular flexibility index (Phi) is 6.02. The molecule has 0 aliphatic carbocycles. The minimum absolute atomic E-state index is 0.142. The minimum Gasteiger partial charge on any atom is -0.481 e. The molecule has 2 unspecified atom stereocenters. The summed E-state index contributed by atoms with van der Waals surface area (Å²) in [5, 5.41) is 11.7. The molecule has 4 N–H and O–H groups in total. The lowest BCUT2D eigenvalue weighted by atomic mass is 10.0. The van der Waals surface area contributed by atoms with Crippen molar-refractivity contribution >= 4 is 11.9 Å². The third-order valence-corrected chi connectivity index (χ3v) is 3.05. The maximum atomic E-state index is 12.0. The summed E-state index contributed by atoms with van der Waals surface area (Å²) in [4.78, 5) is 22.9. The normalized spacial score (nSPS) is 13.6. The lowest BCUT2D eigenvalue weighted by Gasteiger charge is -2.20. The number of carbonyl (C=O) groups excluding carboxylic acids is 1. The van der Waals surface area contributed by atoms with Gasteiger partial charge in [0.15, 0.2) is 0 Å². The monoisotopic (exact) mass is 264 g/mol. The van der Waals surface area contributed by atoms with Crippen LogP contribution in [0, 0.1) is 5.92 Å². The second kappa shape index (κ2) is 7.53. The van der Waals surface area contributed by atoms with E-state index in [0.717, 1.165) is 5.56 Å². The number of aliphatic carboxylic acids is 1. The van der Waals surface area contributed by atoms with Gasteiger partial charge < -0.3 is 16.2 Å². The summed E-state index contributed by atoms with van der Waals surface area (Å²) in [5.74, 6) is -1.42. The molecule has 0 spiro atoms. The number of carboxylic acid groups (broad SMARTS) is 1. The summed E-state index contributed by atoms with van der Waals surface area (Å²) in [6, 6.07) is 8.56. The van der Waals surface area contributed by atoms with Crippen molar-refractivity contribution in [2.45, 2.75) is 25.8 Å². The molecule has 0 aliphatic rings. The van der Waals surface area contributed by atoms with Crippen LogP contribution in [0.2, 0.25) is 0 Å². The Labute approximate surface area is 112 Å². The second-order valence-electron chi connectivity index (χ2n) is 4.41. The van der Waals surface area contributed by atoms with Crippen LogP contribution in [0.4, 0.5) is 0 Å². The van der Waals surface area contributed by atoms with Gasteiger partial charge in [-0.05, 0) is 12.0 Å². The number of carbonyl (C=O) groups is 2. The fraction of sp³-hybridized carbons (Fsp3) is 0.429. The number of nitrogens with one attached hydrogen (secondary N) is 1. The van der Waals surface area contributed by atoms with E-state index in [1.165, 1.54) is 0 Å². The van der Waals surface area contributed by atoms with Crippen LogP contribution in [0.15, 0.2) is 30.3 Å². The molecule has 2 atom stereocenters. The lowest BCUT2D eigenvalue weighted by molar-refractivity contribution is -0.137. The molecule has 1 aromatic rings. The van der Waals surface area contributed by atoms with Crippen LogP contribution < -0.4 is 11.1 Å². The van der Waals surface area contributed by atoms with Gasteiger partial charge in [0, 0.05) is 12.5 Å². The van der Waals surface area contributed by atoms with Gasteiger partial charge in [0.05, 0.1) is 12.5 Å². The number of benzene rings is 1. The van der Waals surface area contributed by atoms with E-state index >= 15 is 0 Å². The van der Waals surface area contributed by atoms with Crippen molar-refractivity contribution in [1.29, 1.82) is 0 Å². The van der Waals surface area contributed by atoms with Gasteiger partial charge >= 0.3 is 5.97 Å². The van der Waals surface area contributed by atoms with Gasteiger partial charge in [-0.3, -0.25) is 9.59 Å². The highest BCUT2D eigenvalue weighted by atomic mass is 16.4. The average molecular weight is 264 g/mol. The molecule has 0 saturated carbocycles. The largest absolute Gasteiger partial charge is 0.481 e. The van der Waals surface area contributed by atoms with Crippen molar-refractivity contribution in [1.82, 2.24) is 5.32 Å². The van der Waals surface area contributed by atoms with Crippen LogP contribution in [0.3, 0.4) is 0 Å². The summed E-state index contributed by atoms with van der Waals surface area (Å²) in [6.45, 7) is 2.14. The topological polar surface area (TPSA) is 92.4 Å². The van der Waals surface area contributed by atoms with E-state index in [4.69, 9.17) is 10.8 Å². The molecule has 0 radical (unpaired) electrons. The Morgan fingerprint density at radius 3 is 2.42 bits per heavy atom. The molecule has 104 valence electrons. The minimum atomic E-state index is -0.949. The molecular weight excluding hydrogens is 244 g/mol. The van der Waals surface area contributed by atoms with Gasteiger partial charge in [-0.15, -0.1) is 0 Å². The summed E-state index contributed by atoms with van der Waals surface area (Å²) in [7, 11) is 0. The van der Waals surface area contributed by atoms with Gasteiger partial charge in [0.2, 0.25) is 5.91 Å². The Morgan fingerprint density at radius 2 is 1.95 bits per heavy atom. The Hall–Kier alpha value is -1.88. The molecule has 0 aliphatic heterocycles. The molecule has 0 aromatic heterocycles. The quantitative estimate of drug-likeness (QED) is 0.692. The van der Waals surface area contributed by atoms with Crippen LogP contribution in [0.25, 0.3) is 0 Å². The standard InChI is InChI=1S/C14H20N2O3/c1-2-10(9-15)14(19)16-12(8-13(17)18)11-6-4-3-5-7-11/h3-7,10,12H,2,8-9,15H2,1H3,(H,16,19)(H,17,18). The van der Waals surface area contributed by atoms with Crippen molar-refractivity contribution < 1.29 is 14.7 Å². The van der Waals surface area contributed by atoms with E-state index < -0.39 is 12.0 Å².